The lowest BCUT2D eigenvalue weighted by atomic mass is 9.84. The largest absolute Gasteiger partial charge is 0.207 e. The van der Waals surface area contributed by atoms with Crippen LogP contribution in [0.15, 0.2) is 54.6 Å². The van der Waals surface area contributed by atoms with Crippen molar-refractivity contribution in [2.24, 2.45) is 0 Å². The summed E-state index contributed by atoms with van der Waals surface area (Å²) >= 11 is 0. The van der Waals surface area contributed by atoms with Gasteiger partial charge in [0.1, 0.15) is 11.6 Å². The minimum Gasteiger partial charge on any atom is -0.207 e. The third-order valence-corrected chi connectivity index (χ3v) is 4.57. The van der Waals surface area contributed by atoms with Crippen molar-refractivity contribution in [3.63, 3.8) is 0 Å². The first-order chi connectivity index (χ1) is 11.1. The fourth-order valence-electron chi connectivity index (χ4n) is 3.36. The van der Waals surface area contributed by atoms with Gasteiger partial charge in [0.05, 0.1) is 0 Å². The minimum absolute atomic E-state index is 0.448. The van der Waals surface area contributed by atoms with Gasteiger partial charge in [-0.05, 0) is 59.7 Å². The Bertz CT molecular complexity index is 910. The van der Waals surface area contributed by atoms with Gasteiger partial charge < -0.3 is 0 Å². The van der Waals surface area contributed by atoms with Gasteiger partial charge in [-0.25, -0.2) is 8.78 Å². The van der Waals surface area contributed by atoms with Gasteiger partial charge in [-0.1, -0.05) is 42.0 Å². The summed E-state index contributed by atoms with van der Waals surface area (Å²) in [4.78, 5) is 0. The molecule has 0 N–H and O–H groups in total. The summed E-state index contributed by atoms with van der Waals surface area (Å²) in [5.74, 6) is -1.06. The fourth-order valence-corrected chi connectivity index (χ4v) is 3.36. The van der Waals surface area contributed by atoms with Crippen LogP contribution >= 0.6 is 0 Å². The van der Waals surface area contributed by atoms with Crippen molar-refractivity contribution in [3.8, 4) is 11.1 Å². The zero-order chi connectivity index (χ0) is 16.0. The fraction of sp³-hybridized carbons (Fsp3) is 0.143. The summed E-state index contributed by atoms with van der Waals surface area (Å²) in [6, 6.07) is 16.3. The first kappa shape index (κ1) is 14.1. The van der Waals surface area contributed by atoms with E-state index in [0.29, 0.717) is 5.56 Å². The molecule has 2 heteroatoms. The Morgan fingerprint density at radius 3 is 2.17 bits per heavy atom. The van der Waals surface area contributed by atoms with E-state index in [1.54, 1.807) is 0 Å². The van der Waals surface area contributed by atoms with E-state index in [0.717, 1.165) is 24.5 Å². The van der Waals surface area contributed by atoms with E-state index in [2.05, 4.69) is 31.2 Å². The number of benzene rings is 3. The van der Waals surface area contributed by atoms with Gasteiger partial charge in [0.2, 0.25) is 0 Å². The topological polar surface area (TPSA) is 0 Å². The summed E-state index contributed by atoms with van der Waals surface area (Å²) in [6.45, 7) is 2.10. The zero-order valence-electron chi connectivity index (χ0n) is 12.9. The molecule has 0 saturated carbocycles. The third-order valence-electron chi connectivity index (χ3n) is 4.57. The van der Waals surface area contributed by atoms with E-state index in [4.69, 9.17) is 0 Å². The summed E-state index contributed by atoms with van der Waals surface area (Å²) < 4.78 is 27.1. The van der Waals surface area contributed by atoms with Gasteiger partial charge in [-0.2, -0.15) is 0 Å². The van der Waals surface area contributed by atoms with E-state index in [-0.39, 0.29) is 0 Å². The third kappa shape index (κ3) is 2.55. The Morgan fingerprint density at radius 1 is 0.696 bits per heavy atom. The number of hydrogen-bond donors (Lipinski definition) is 0. The van der Waals surface area contributed by atoms with Crippen molar-refractivity contribution >= 4 is 0 Å². The number of rotatable bonds is 1. The van der Waals surface area contributed by atoms with E-state index < -0.39 is 11.6 Å². The predicted molar refractivity (Wildman–Crippen MR) is 88.6 cm³/mol. The van der Waals surface area contributed by atoms with Crippen LogP contribution in [0.4, 0.5) is 8.78 Å². The van der Waals surface area contributed by atoms with Gasteiger partial charge in [-0.15, -0.1) is 0 Å². The molecule has 0 atom stereocenters. The highest BCUT2D eigenvalue weighted by Crippen LogP contribution is 2.32. The Balaban J connectivity index is 1.76. The molecule has 0 fully saturated rings. The highest BCUT2D eigenvalue weighted by Gasteiger charge is 2.16. The Hall–Kier alpha value is -2.48. The van der Waals surface area contributed by atoms with Crippen LogP contribution in [0.3, 0.4) is 0 Å². The van der Waals surface area contributed by atoms with E-state index >= 15 is 0 Å². The molecule has 114 valence electrons. The van der Waals surface area contributed by atoms with E-state index in [1.807, 2.05) is 12.1 Å². The highest BCUT2D eigenvalue weighted by molar-refractivity contribution is 5.66. The summed E-state index contributed by atoms with van der Waals surface area (Å²) in [5.41, 5.74) is 7.73. The molecule has 0 spiro atoms. The van der Waals surface area contributed by atoms with Crippen LogP contribution in [0.2, 0.25) is 0 Å². The average Bonchev–Trinajstić information content (AvgIpc) is 2.52. The van der Waals surface area contributed by atoms with Gasteiger partial charge in [-0.3, -0.25) is 0 Å². The lowest BCUT2D eigenvalue weighted by Gasteiger charge is -2.21. The number of hydrogen-bond acceptors (Lipinski definition) is 0. The monoisotopic (exact) mass is 306 g/mol. The molecule has 0 aliphatic heterocycles. The van der Waals surface area contributed by atoms with Crippen molar-refractivity contribution in [1.29, 1.82) is 0 Å². The lowest BCUT2D eigenvalue weighted by Crippen LogP contribution is -2.07. The molecule has 0 unspecified atom stereocenters. The Morgan fingerprint density at radius 2 is 1.39 bits per heavy atom. The van der Waals surface area contributed by atoms with Crippen LogP contribution in [0.25, 0.3) is 11.1 Å². The molecule has 4 rings (SSSR count). The molecule has 0 bridgehead atoms. The van der Waals surface area contributed by atoms with Gasteiger partial charge in [0.15, 0.2) is 0 Å². The second kappa shape index (κ2) is 5.31. The molecule has 1 aliphatic rings. The van der Waals surface area contributed by atoms with E-state index in [9.17, 15) is 8.78 Å². The molecule has 0 nitrogen and oxygen atoms in total. The minimum atomic E-state index is -0.548. The zero-order valence-corrected chi connectivity index (χ0v) is 12.9. The maximum absolute atomic E-state index is 14.0. The normalized spacial score (nSPS) is 12.7. The van der Waals surface area contributed by atoms with Crippen molar-refractivity contribution < 1.29 is 8.78 Å². The van der Waals surface area contributed by atoms with Crippen LogP contribution < -0.4 is 0 Å². The molecular formula is C21H16F2. The van der Waals surface area contributed by atoms with E-state index in [1.165, 1.54) is 39.9 Å². The van der Waals surface area contributed by atoms with Crippen molar-refractivity contribution in [2.75, 3.05) is 0 Å². The molecule has 0 amide bonds. The number of aryl methyl sites for hydroxylation is 1. The van der Waals surface area contributed by atoms with Crippen molar-refractivity contribution in [1.82, 2.24) is 0 Å². The van der Waals surface area contributed by atoms with Crippen molar-refractivity contribution in [3.05, 3.63) is 94.0 Å². The molecule has 23 heavy (non-hydrogen) atoms. The number of halogens is 2. The molecule has 1 aliphatic carbocycles. The van der Waals surface area contributed by atoms with Crippen LogP contribution in [-0.4, -0.2) is 0 Å². The average molecular weight is 306 g/mol. The lowest BCUT2D eigenvalue weighted by molar-refractivity contribution is 0.585. The molecule has 3 aromatic carbocycles. The number of fused-ring (bicyclic) bond motifs is 2. The molecule has 0 aromatic heterocycles. The maximum Gasteiger partial charge on any atom is 0.133 e. The summed E-state index contributed by atoms with van der Waals surface area (Å²) in [5, 5.41) is 0. The second-order valence-corrected chi connectivity index (χ2v) is 6.23. The first-order valence-electron chi connectivity index (χ1n) is 7.76. The molecule has 0 radical (unpaired) electrons. The standard InChI is InChI=1S/C21H16F2/c1-13-2-3-14-9-15-4-5-16(10-18(15)11-17(14)8-13)20-7-6-19(22)12-21(20)23/h2-8,10,12H,9,11H2,1H3. The van der Waals surface area contributed by atoms with Crippen LogP contribution in [0.5, 0.6) is 0 Å². The molecule has 0 saturated heterocycles. The van der Waals surface area contributed by atoms with Gasteiger partial charge in [0, 0.05) is 11.6 Å². The second-order valence-electron chi connectivity index (χ2n) is 6.23. The van der Waals surface area contributed by atoms with Gasteiger partial charge >= 0.3 is 0 Å². The summed E-state index contributed by atoms with van der Waals surface area (Å²) in [7, 11) is 0. The first-order valence-corrected chi connectivity index (χ1v) is 7.76. The summed E-state index contributed by atoms with van der Waals surface area (Å²) in [6.07, 6.45) is 1.78. The van der Waals surface area contributed by atoms with Crippen molar-refractivity contribution in [2.45, 2.75) is 19.8 Å². The SMILES string of the molecule is Cc1ccc2c(c1)Cc1cc(-c3ccc(F)cc3F)ccc1C2. The Labute approximate surface area is 134 Å². The van der Waals surface area contributed by atoms with Gasteiger partial charge in [0.25, 0.3) is 0 Å². The molecular weight excluding hydrogens is 290 g/mol. The van der Waals surface area contributed by atoms with Crippen LogP contribution in [-0.2, 0) is 12.8 Å². The quantitative estimate of drug-likeness (QED) is 0.439. The van der Waals surface area contributed by atoms with Crippen LogP contribution in [0.1, 0.15) is 27.8 Å². The maximum atomic E-state index is 14.0. The smallest absolute Gasteiger partial charge is 0.133 e. The molecule has 0 heterocycles. The van der Waals surface area contributed by atoms with Crippen LogP contribution in [0, 0.1) is 18.6 Å². The highest BCUT2D eigenvalue weighted by atomic mass is 19.1. The predicted octanol–water partition coefficient (Wildman–Crippen LogP) is 5.44. The Kier molecular flexibility index (Phi) is 3.26. The molecule has 3 aromatic rings.